The Morgan fingerprint density at radius 2 is 2.07 bits per heavy atom. The second kappa shape index (κ2) is 5.48. The van der Waals surface area contributed by atoms with E-state index in [0.717, 1.165) is 12.8 Å². The largest absolute Gasteiger partial charge is 0.396 e. The Labute approximate surface area is 96.1 Å². The van der Waals surface area contributed by atoms with Crippen LogP contribution in [0.15, 0.2) is 0 Å². The van der Waals surface area contributed by atoms with Gasteiger partial charge in [-0.1, -0.05) is 0 Å². The lowest BCUT2D eigenvalue weighted by molar-refractivity contribution is 0.249. The molecule has 2 N–H and O–H groups in total. The number of nitrogens with one attached hydrogen (secondary N) is 1. The molecule has 1 fully saturated rings. The molecule has 90 valence electrons. The van der Waals surface area contributed by atoms with Crippen LogP contribution in [-0.4, -0.2) is 38.3 Å². The van der Waals surface area contributed by atoms with E-state index in [2.05, 4.69) is 4.72 Å². The minimum absolute atomic E-state index is 0.0305. The van der Waals surface area contributed by atoms with Crippen molar-refractivity contribution < 1.29 is 13.5 Å². The molecule has 0 aliphatic heterocycles. The Balaban J connectivity index is 2.30. The summed E-state index contributed by atoms with van der Waals surface area (Å²) < 4.78 is 25.5. The maximum absolute atomic E-state index is 11.4. The first kappa shape index (κ1) is 13.2. The molecule has 0 heterocycles. The van der Waals surface area contributed by atoms with Crippen molar-refractivity contribution in [3.8, 4) is 0 Å². The number of halogens is 1. The highest BCUT2D eigenvalue weighted by atomic mass is 35.5. The van der Waals surface area contributed by atoms with Crippen molar-refractivity contribution in [3.05, 3.63) is 0 Å². The highest BCUT2D eigenvalue weighted by molar-refractivity contribution is 7.89. The molecule has 15 heavy (non-hydrogen) atoms. The molecule has 4 nitrogen and oxygen atoms in total. The van der Waals surface area contributed by atoms with Crippen LogP contribution in [0.5, 0.6) is 0 Å². The predicted molar refractivity (Wildman–Crippen MR) is 60.5 cm³/mol. The molecule has 0 atom stereocenters. The van der Waals surface area contributed by atoms with Gasteiger partial charge in [0.05, 0.1) is 5.75 Å². The van der Waals surface area contributed by atoms with E-state index in [1.54, 1.807) is 0 Å². The van der Waals surface area contributed by atoms with Crippen LogP contribution in [0.4, 0.5) is 0 Å². The molecule has 0 spiro atoms. The zero-order valence-electron chi connectivity index (χ0n) is 8.71. The Hall–Kier alpha value is 0.160. The van der Waals surface area contributed by atoms with Gasteiger partial charge in [0.1, 0.15) is 0 Å². The molecule has 6 heteroatoms. The SMILES string of the molecule is O=S(=O)(CCCCl)NCC1(CCO)CC1. The lowest BCUT2D eigenvalue weighted by Gasteiger charge is -2.14. The second-order valence-electron chi connectivity index (χ2n) is 4.16. The average Bonchev–Trinajstić information content (AvgIpc) is 2.94. The summed E-state index contributed by atoms with van der Waals surface area (Å²) in [6.45, 7) is 0.585. The van der Waals surface area contributed by atoms with Gasteiger partial charge >= 0.3 is 0 Å². The Morgan fingerprint density at radius 1 is 1.40 bits per heavy atom. The quantitative estimate of drug-likeness (QED) is 0.628. The van der Waals surface area contributed by atoms with E-state index in [1.165, 1.54) is 0 Å². The summed E-state index contributed by atoms with van der Waals surface area (Å²) in [5.74, 6) is 0.453. The van der Waals surface area contributed by atoms with Crippen molar-refractivity contribution in [1.29, 1.82) is 0 Å². The Bertz CT molecular complexity index is 288. The van der Waals surface area contributed by atoms with Crippen LogP contribution in [0.2, 0.25) is 0 Å². The van der Waals surface area contributed by atoms with Gasteiger partial charge in [-0.05, 0) is 31.1 Å². The molecule has 1 aliphatic carbocycles. The van der Waals surface area contributed by atoms with Crippen LogP contribution < -0.4 is 4.72 Å². The van der Waals surface area contributed by atoms with E-state index < -0.39 is 10.0 Å². The van der Waals surface area contributed by atoms with Gasteiger partial charge in [0, 0.05) is 19.0 Å². The fourth-order valence-electron chi connectivity index (χ4n) is 1.51. The number of aliphatic hydroxyl groups excluding tert-OH is 1. The Morgan fingerprint density at radius 3 is 2.53 bits per heavy atom. The summed E-state index contributed by atoms with van der Waals surface area (Å²) in [5.41, 5.74) is 0.0305. The summed E-state index contributed by atoms with van der Waals surface area (Å²) >= 11 is 5.43. The standard InChI is InChI=1S/C9H18ClNO3S/c10-5-1-7-15(13,14)11-8-9(2-3-9)4-6-12/h11-12H,1-8H2. The molecule has 0 aromatic carbocycles. The zero-order chi connectivity index (χ0) is 11.4. The molecule has 1 saturated carbocycles. The first-order valence-corrected chi connectivity index (χ1v) is 7.36. The molecule has 0 unspecified atom stereocenters. The first-order chi connectivity index (χ1) is 7.04. The van der Waals surface area contributed by atoms with Crippen molar-refractivity contribution in [2.75, 3.05) is 24.8 Å². The van der Waals surface area contributed by atoms with Crippen LogP contribution in [0, 0.1) is 5.41 Å². The molecule has 1 aliphatic rings. The predicted octanol–water partition coefficient (Wildman–Crippen LogP) is 0.697. The molecular weight excluding hydrogens is 238 g/mol. The third kappa shape index (κ3) is 4.68. The number of rotatable bonds is 8. The maximum atomic E-state index is 11.4. The third-order valence-electron chi connectivity index (χ3n) is 2.81. The summed E-state index contributed by atoms with van der Waals surface area (Å²) in [6, 6.07) is 0. The van der Waals surface area contributed by atoms with Crippen molar-refractivity contribution in [1.82, 2.24) is 4.72 Å². The highest BCUT2D eigenvalue weighted by Gasteiger charge is 2.42. The molecule has 0 radical (unpaired) electrons. The highest BCUT2D eigenvalue weighted by Crippen LogP contribution is 2.47. The van der Waals surface area contributed by atoms with Gasteiger partial charge in [-0.15, -0.1) is 11.6 Å². The van der Waals surface area contributed by atoms with E-state index in [1.807, 2.05) is 0 Å². The topological polar surface area (TPSA) is 66.4 Å². The molecule has 0 aromatic rings. The van der Waals surface area contributed by atoms with Gasteiger partial charge in [0.25, 0.3) is 0 Å². The average molecular weight is 256 g/mol. The minimum Gasteiger partial charge on any atom is -0.396 e. The van der Waals surface area contributed by atoms with Gasteiger partial charge in [0.15, 0.2) is 0 Å². The van der Waals surface area contributed by atoms with Gasteiger partial charge in [-0.2, -0.15) is 0 Å². The van der Waals surface area contributed by atoms with Crippen LogP contribution in [0.3, 0.4) is 0 Å². The van der Waals surface area contributed by atoms with Crippen molar-refractivity contribution in [3.63, 3.8) is 0 Å². The summed E-state index contributed by atoms with van der Waals surface area (Å²) in [5, 5.41) is 8.82. The van der Waals surface area contributed by atoms with Gasteiger partial charge < -0.3 is 5.11 Å². The minimum atomic E-state index is -3.17. The second-order valence-corrected chi connectivity index (χ2v) is 6.46. The third-order valence-corrected chi connectivity index (χ3v) is 4.49. The fraction of sp³-hybridized carbons (Fsp3) is 1.00. The molecule has 0 saturated heterocycles. The lowest BCUT2D eigenvalue weighted by atomic mass is 10.0. The number of hydrogen-bond acceptors (Lipinski definition) is 3. The first-order valence-electron chi connectivity index (χ1n) is 5.18. The van der Waals surface area contributed by atoms with E-state index in [-0.39, 0.29) is 17.8 Å². The van der Waals surface area contributed by atoms with Crippen LogP contribution in [0.25, 0.3) is 0 Å². The lowest BCUT2D eigenvalue weighted by Crippen LogP contribution is -2.32. The van der Waals surface area contributed by atoms with Crippen LogP contribution >= 0.6 is 11.6 Å². The van der Waals surface area contributed by atoms with Crippen molar-refractivity contribution in [2.45, 2.75) is 25.7 Å². The van der Waals surface area contributed by atoms with Gasteiger partial charge in [0.2, 0.25) is 10.0 Å². The molecule has 1 rings (SSSR count). The van der Waals surface area contributed by atoms with E-state index in [4.69, 9.17) is 16.7 Å². The molecule has 0 bridgehead atoms. The summed E-state index contributed by atoms with van der Waals surface area (Å²) in [7, 11) is -3.17. The van der Waals surface area contributed by atoms with E-state index in [0.29, 0.717) is 25.3 Å². The number of hydrogen-bond donors (Lipinski definition) is 2. The monoisotopic (exact) mass is 255 g/mol. The zero-order valence-corrected chi connectivity index (χ0v) is 10.3. The number of alkyl halides is 1. The van der Waals surface area contributed by atoms with Crippen LogP contribution in [-0.2, 0) is 10.0 Å². The molecular formula is C9H18ClNO3S. The van der Waals surface area contributed by atoms with Crippen LogP contribution in [0.1, 0.15) is 25.7 Å². The van der Waals surface area contributed by atoms with Gasteiger partial charge in [-0.3, -0.25) is 0 Å². The molecule has 0 amide bonds. The van der Waals surface area contributed by atoms with Gasteiger partial charge in [-0.25, -0.2) is 13.1 Å². The molecule has 0 aromatic heterocycles. The normalized spacial score (nSPS) is 19.1. The van der Waals surface area contributed by atoms with E-state index in [9.17, 15) is 8.42 Å². The fourth-order valence-corrected chi connectivity index (χ4v) is 3.00. The number of aliphatic hydroxyl groups is 1. The smallest absolute Gasteiger partial charge is 0.211 e. The number of sulfonamides is 1. The maximum Gasteiger partial charge on any atom is 0.211 e. The Kier molecular flexibility index (Phi) is 4.83. The van der Waals surface area contributed by atoms with E-state index >= 15 is 0 Å². The summed E-state index contributed by atoms with van der Waals surface area (Å²) in [6.07, 6.45) is 3.17. The van der Waals surface area contributed by atoms with Crippen molar-refractivity contribution >= 4 is 21.6 Å². The van der Waals surface area contributed by atoms with Crippen molar-refractivity contribution in [2.24, 2.45) is 5.41 Å². The summed E-state index contributed by atoms with van der Waals surface area (Å²) in [4.78, 5) is 0.